The monoisotopic (exact) mass is 271 g/mol. The van der Waals surface area contributed by atoms with Crippen molar-refractivity contribution in [3.8, 4) is 0 Å². The summed E-state index contributed by atoms with van der Waals surface area (Å²) in [5, 5.41) is 1.10. The van der Waals surface area contributed by atoms with Gasteiger partial charge >= 0.3 is 0 Å². The highest BCUT2D eigenvalue weighted by Gasteiger charge is 2.18. The first-order valence-corrected chi connectivity index (χ1v) is 7.26. The summed E-state index contributed by atoms with van der Waals surface area (Å²) in [6, 6.07) is 8.12. The van der Waals surface area contributed by atoms with Crippen LogP contribution in [-0.2, 0) is 0 Å². The molecule has 1 aliphatic rings. The van der Waals surface area contributed by atoms with Crippen LogP contribution in [0.25, 0.3) is 10.9 Å². The molecule has 106 valence electrons. The maximum absolute atomic E-state index is 5.56. The van der Waals surface area contributed by atoms with Gasteiger partial charge in [0, 0.05) is 37.8 Å². The predicted molar refractivity (Wildman–Crippen MR) is 81.9 cm³/mol. The van der Waals surface area contributed by atoms with Crippen molar-refractivity contribution in [3.05, 3.63) is 30.5 Å². The van der Waals surface area contributed by atoms with Crippen molar-refractivity contribution in [1.29, 1.82) is 0 Å². The van der Waals surface area contributed by atoms with Crippen LogP contribution in [0.15, 0.2) is 30.5 Å². The fourth-order valence-electron chi connectivity index (χ4n) is 2.60. The number of aromatic nitrogens is 2. The van der Waals surface area contributed by atoms with Crippen LogP contribution in [0.5, 0.6) is 0 Å². The molecule has 1 aliphatic heterocycles. The van der Waals surface area contributed by atoms with Crippen molar-refractivity contribution in [3.63, 3.8) is 0 Å². The lowest BCUT2D eigenvalue weighted by Crippen LogP contribution is -2.47. The summed E-state index contributed by atoms with van der Waals surface area (Å²) < 4.78 is 0. The molecule has 1 saturated heterocycles. The highest BCUT2D eigenvalue weighted by molar-refractivity contribution is 5.78. The molecule has 0 spiro atoms. The van der Waals surface area contributed by atoms with Crippen LogP contribution >= 0.6 is 0 Å². The summed E-state index contributed by atoms with van der Waals surface area (Å²) in [4.78, 5) is 13.9. The second kappa shape index (κ2) is 6.15. The first-order chi connectivity index (χ1) is 9.86. The molecule has 0 amide bonds. The lowest BCUT2D eigenvalue weighted by Gasteiger charge is -2.34. The second-order valence-corrected chi connectivity index (χ2v) is 5.20. The Hall–Kier alpha value is -1.72. The maximum Gasteiger partial charge on any atom is 0.225 e. The van der Waals surface area contributed by atoms with E-state index >= 15 is 0 Å². The number of fused-ring (bicyclic) bond motifs is 1. The summed E-state index contributed by atoms with van der Waals surface area (Å²) in [5.74, 6) is 0.849. The van der Waals surface area contributed by atoms with Crippen LogP contribution in [0.1, 0.15) is 6.42 Å². The van der Waals surface area contributed by atoms with E-state index in [2.05, 4.69) is 19.8 Å². The Balaban J connectivity index is 1.67. The van der Waals surface area contributed by atoms with Gasteiger partial charge in [-0.3, -0.25) is 4.90 Å². The van der Waals surface area contributed by atoms with Crippen LogP contribution < -0.4 is 10.6 Å². The standard InChI is InChI=1S/C15H21N5/c16-6-3-7-19-8-10-20(11-9-19)15-17-12-13-4-1-2-5-14(13)18-15/h1-2,4-5,12H,3,6-11,16H2. The first kappa shape index (κ1) is 13.3. The molecule has 1 fully saturated rings. The maximum atomic E-state index is 5.56. The van der Waals surface area contributed by atoms with Crippen LogP contribution in [-0.4, -0.2) is 54.1 Å². The molecule has 0 atom stereocenters. The molecule has 0 aliphatic carbocycles. The summed E-state index contributed by atoms with van der Waals surface area (Å²) >= 11 is 0. The van der Waals surface area contributed by atoms with Gasteiger partial charge in [-0.15, -0.1) is 0 Å². The summed E-state index contributed by atoms with van der Waals surface area (Å²) in [6.07, 6.45) is 2.99. The predicted octanol–water partition coefficient (Wildman–Crippen LogP) is 1.10. The van der Waals surface area contributed by atoms with Crippen molar-refractivity contribution in [2.24, 2.45) is 5.73 Å². The number of nitrogens with two attached hydrogens (primary N) is 1. The third-order valence-electron chi connectivity index (χ3n) is 3.81. The molecule has 2 aromatic rings. The van der Waals surface area contributed by atoms with E-state index in [1.165, 1.54) is 0 Å². The molecule has 5 nitrogen and oxygen atoms in total. The van der Waals surface area contributed by atoms with E-state index in [0.717, 1.165) is 62.5 Å². The van der Waals surface area contributed by atoms with Gasteiger partial charge in [0.25, 0.3) is 0 Å². The summed E-state index contributed by atoms with van der Waals surface area (Å²) in [6.45, 7) is 5.98. The van der Waals surface area contributed by atoms with Gasteiger partial charge in [0.2, 0.25) is 5.95 Å². The average molecular weight is 271 g/mol. The quantitative estimate of drug-likeness (QED) is 0.902. The molecule has 1 aromatic carbocycles. The molecule has 0 radical (unpaired) electrons. The van der Waals surface area contributed by atoms with Crippen molar-refractivity contribution in [2.45, 2.75) is 6.42 Å². The Labute approximate surface area is 119 Å². The molecule has 1 aromatic heterocycles. The fraction of sp³-hybridized carbons (Fsp3) is 0.467. The van der Waals surface area contributed by atoms with Crippen LogP contribution in [0.2, 0.25) is 0 Å². The molecule has 0 bridgehead atoms. The van der Waals surface area contributed by atoms with Gasteiger partial charge in [-0.25, -0.2) is 9.97 Å². The van der Waals surface area contributed by atoms with Gasteiger partial charge in [-0.05, 0) is 25.6 Å². The Bertz CT molecular complexity index is 563. The van der Waals surface area contributed by atoms with Crippen molar-refractivity contribution < 1.29 is 0 Å². The van der Waals surface area contributed by atoms with Gasteiger partial charge in [0.15, 0.2) is 0 Å². The van der Waals surface area contributed by atoms with E-state index in [0.29, 0.717) is 0 Å². The Morgan fingerprint density at radius 3 is 2.70 bits per heavy atom. The molecule has 5 heteroatoms. The molecule has 2 N–H and O–H groups in total. The smallest absolute Gasteiger partial charge is 0.225 e. The Kier molecular flexibility index (Phi) is 4.08. The molecule has 20 heavy (non-hydrogen) atoms. The number of anilines is 1. The van der Waals surface area contributed by atoms with Crippen LogP contribution in [0, 0.1) is 0 Å². The van der Waals surface area contributed by atoms with Gasteiger partial charge < -0.3 is 10.6 Å². The average Bonchev–Trinajstić information content (AvgIpc) is 2.53. The molecule has 2 heterocycles. The molecule has 3 rings (SSSR count). The SMILES string of the molecule is NCCCN1CCN(c2ncc3ccccc3n2)CC1. The third-order valence-corrected chi connectivity index (χ3v) is 3.81. The number of nitrogens with zero attached hydrogens (tertiary/aromatic N) is 4. The molecule has 0 saturated carbocycles. The van der Waals surface area contributed by atoms with Gasteiger partial charge in [0.05, 0.1) is 5.52 Å². The third kappa shape index (κ3) is 2.89. The molecular formula is C15H21N5. The van der Waals surface area contributed by atoms with E-state index in [1.54, 1.807) is 0 Å². The van der Waals surface area contributed by atoms with Gasteiger partial charge in [0.1, 0.15) is 0 Å². The minimum absolute atomic E-state index is 0.772. The van der Waals surface area contributed by atoms with Crippen LogP contribution in [0.4, 0.5) is 5.95 Å². The van der Waals surface area contributed by atoms with E-state index in [4.69, 9.17) is 5.73 Å². The zero-order valence-corrected chi connectivity index (χ0v) is 11.7. The molecular weight excluding hydrogens is 250 g/mol. The number of hydrogen-bond acceptors (Lipinski definition) is 5. The fourth-order valence-corrected chi connectivity index (χ4v) is 2.60. The Morgan fingerprint density at radius 2 is 1.90 bits per heavy atom. The number of hydrogen-bond donors (Lipinski definition) is 1. The second-order valence-electron chi connectivity index (χ2n) is 5.20. The van der Waals surface area contributed by atoms with Gasteiger partial charge in [-0.2, -0.15) is 0 Å². The van der Waals surface area contributed by atoms with E-state index in [9.17, 15) is 0 Å². The van der Waals surface area contributed by atoms with E-state index in [1.807, 2.05) is 30.5 Å². The van der Waals surface area contributed by atoms with Crippen molar-refractivity contribution >= 4 is 16.9 Å². The van der Waals surface area contributed by atoms with E-state index < -0.39 is 0 Å². The van der Waals surface area contributed by atoms with E-state index in [-0.39, 0.29) is 0 Å². The minimum atomic E-state index is 0.772. The normalized spacial score (nSPS) is 16.8. The zero-order chi connectivity index (χ0) is 13.8. The zero-order valence-electron chi connectivity index (χ0n) is 11.7. The topological polar surface area (TPSA) is 58.3 Å². The summed E-state index contributed by atoms with van der Waals surface area (Å²) in [7, 11) is 0. The lowest BCUT2D eigenvalue weighted by atomic mass is 10.2. The number of para-hydroxylation sites is 1. The highest BCUT2D eigenvalue weighted by Crippen LogP contribution is 2.16. The van der Waals surface area contributed by atoms with Gasteiger partial charge in [-0.1, -0.05) is 18.2 Å². The van der Waals surface area contributed by atoms with Crippen LogP contribution in [0.3, 0.4) is 0 Å². The minimum Gasteiger partial charge on any atom is -0.338 e. The number of rotatable bonds is 4. The Morgan fingerprint density at radius 1 is 1.10 bits per heavy atom. The summed E-state index contributed by atoms with van der Waals surface area (Å²) in [5.41, 5.74) is 6.58. The largest absolute Gasteiger partial charge is 0.338 e. The lowest BCUT2D eigenvalue weighted by molar-refractivity contribution is 0.255. The molecule has 0 unspecified atom stereocenters. The number of benzene rings is 1. The van der Waals surface area contributed by atoms with Crippen molar-refractivity contribution in [1.82, 2.24) is 14.9 Å². The highest BCUT2D eigenvalue weighted by atomic mass is 15.3. The number of piperazine rings is 1. The first-order valence-electron chi connectivity index (χ1n) is 7.26. The van der Waals surface area contributed by atoms with Crippen molar-refractivity contribution in [2.75, 3.05) is 44.2 Å².